The molecule has 0 N–H and O–H groups in total. The summed E-state index contributed by atoms with van der Waals surface area (Å²) in [5, 5.41) is 3.18. The van der Waals surface area contributed by atoms with Crippen molar-refractivity contribution in [2.24, 2.45) is 0 Å². The van der Waals surface area contributed by atoms with E-state index in [0.29, 0.717) is 67.5 Å². The Balaban J connectivity index is 1.03. The van der Waals surface area contributed by atoms with Crippen molar-refractivity contribution < 1.29 is 28.7 Å². The molecule has 0 saturated heterocycles. The van der Waals surface area contributed by atoms with Crippen molar-refractivity contribution in [3.05, 3.63) is 213 Å². The first kappa shape index (κ1) is 45.3. The zero-order chi connectivity index (χ0) is 47.5. The van der Waals surface area contributed by atoms with E-state index in [0.717, 1.165) is 60.1 Å². The fraction of sp³-hybridized carbons (Fsp3) is 0.238. The Kier molecular flexibility index (Phi) is 12.9. The lowest BCUT2D eigenvalue weighted by molar-refractivity contribution is 0.0977. The van der Waals surface area contributed by atoms with Gasteiger partial charge in [-0.25, -0.2) is 0 Å². The van der Waals surface area contributed by atoms with Gasteiger partial charge in [-0.1, -0.05) is 199 Å². The van der Waals surface area contributed by atoms with Gasteiger partial charge in [0.25, 0.3) is 0 Å². The number of hydrogen-bond donors (Lipinski definition) is 0. The van der Waals surface area contributed by atoms with Gasteiger partial charge in [0.15, 0.2) is 23.1 Å². The average molecular weight is 909 g/mol. The molecular formula is C63H56O6. The molecule has 10 rings (SSSR count). The third-order valence-electron chi connectivity index (χ3n) is 14.4. The van der Waals surface area contributed by atoms with Gasteiger partial charge in [-0.3, -0.25) is 19.2 Å². The maximum Gasteiger partial charge on any atom is 0.198 e. The van der Waals surface area contributed by atoms with Crippen LogP contribution in [0.4, 0.5) is 0 Å². The summed E-state index contributed by atoms with van der Waals surface area (Å²) < 4.78 is 13.6. The molecule has 8 aromatic rings. The van der Waals surface area contributed by atoms with Crippen molar-refractivity contribution in [2.75, 3.05) is 0 Å². The Bertz CT molecular complexity index is 3050. The number of carbonyl (C=O) groups excluding carboxylic acids is 4. The molecule has 6 heteroatoms. The number of ether oxygens (including phenoxy) is 2. The molecular weight excluding hydrogens is 853 g/mol. The first-order chi connectivity index (χ1) is 33.8. The number of benzene rings is 8. The monoisotopic (exact) mass is 908 g/mol. The smallest absolute Gasteiger partial charge is 0.198 e. The number of rotatable bonds is 18. The van der Waals surface area contributed by atoms with E-state index < -0.39 is 0 Å². The maximum atomic E-state index is 14.2. The minimum Gasteiger partial charge on any atom is -0.456 e. The van der Waals surface area contributed by atoms with Crippen LogP contribution in [0.3, 0.4) is 0 Å². The predicted octanol–water partition coefficient (Wildman–Crippen LogP) is 16.1. The molecule has 0 saturated carbocycles. The van der Waals surface area contributed by atoms with Crippen molar-refractivity contribution in [3.63, 3.8) is 0 Å². The van der Waals surface area contributed by atoms with E-state index >= 15 is 0 Å². The minimum absolute atomic E-state index is 0.184. The Morgan fingerprint density at radius 1 is 0.362 bits per heavy atom. The van der Waals surface area contributed by atoms with Crippen molar-refractivity contribution in [1.82, 2.24) is 0 Å². The minimum atomic E-state index is -0.342. The summed E-state index contributed by atoms with van der Waals surface area (Å²) >= 11 is 0. The second-order valence-corrected chi connectivity index (χ2v) is 18.8. The Morgan fingerprint density at radius 2 is 0.710 bits per heavy atom. The lowest BCUT2D eigenvalue weighted by atomic mass is 9.68. The number of hydrogen-bond acceptors (Lipinski definition) is 6. The van der Waals surface area contributed by atoms with Gasteiger partial charge in [0.05, 0.1) is 11.1 Å². The number of fused-ring (bicyclic) bond motifs is 6. The first-order valence-electron chi connectivity index (χ1n) is 24.9. The predicted molar refractivity (Wildman–Crippen MR) is 275 cm³/mol. The zero-order valence-electron chi connectivity index (χ0n) is 39.4. The molecule has 0 spiro atoms. The van der Waals surface area contributed by atoms with E-state index in [-0.39, 0.29) is 28.5 Å². The average Bonchev–Trinajstić information content (AvgIpc) is 3.39. The van der Waals surface area contributed by atoms with Gasteiger partial charge >= 0.3 is 0 Å². The van der Waals surface area contributed by atoms with Gasteiger partial charge in [-0.05, 0) is 71.1 Å². The van der Waals surface area contributed by atoms with Gasteiger partial charge in [0.1, 0.15) is 23.0 Å². The number of carbonyl (C=O) groups is 4. The molecule has 0 aliphatic heterocycles. The second-order valence-electron chi connectivity index (χ2n) is 18.8. The van der Waals surface area contributed by atoms with E-state index in [1.165, 1.54) is 49.7 Å². The third-order valence-corrected chi connectivity index (χ3v) is 14.4. The fourth-order valence-corrected chi connectivity index (χ4v) is 10.8. The molecule has 2 aliphatic carbocycles. The first-order valence-corrected chi connectivity index (χ1v) is 24.9. The maximum absolute atomic E-state index is 14.2. The number of ketones is 4. The lowest BCUT2D eigenvalue weighted by Crippen LogP contribution is -2.28. The molecule has 0 amide bonds. The molecule has 2 aliphatic rings. The summed E-state index contributed by atoms with van der Waals surface area (Å²) in [6, 6.07) is 49.9. The third kappa shape index (κ3) is 8.47. The van der Waals surface area contributed by atoms with Crippen LogP contribution in [0.1, 0.15) is 166 Å². The highest BCUT2D eigenvalue weighted by molar-refractivity contribution is 6.32. The molecule has 69 heavy (non-hydrogen) atoms. The van der Waals surface area contributed by atoms with Crippen molar-refractivity contribution in [3.8, 4) is 23.0 Å². The highest BCUT2D eigenvalue weighted by Gasteiger charge is 2.37. The molecule has 0 bridgehead atoms. The van der Waals surface area contributed by atoms with Crippen LogP contribution in [0, 0.1) is 0 Å². The highest BCUT2D eigenvalue weighted by Crippen LogP contribution is 2.47. The van der Waals surface area contributed by atoms with E-state index in [1.54, 1.807) is 48.5 Å². The zero-order valence-corrected chi connectivity index (χ0v) is 39.4. The highest BCUT2D eigenvalue weighted by atomic mass is 16.5. The summed E-state index contributed by atoms with van der Waals surface area (Å²) in [7, 11) is 0. The van der Waals surface area contributed by atoms with Crippen LogP contribution >= 0.6 is 0 Å². The fourth-order valence-electron chi connectivity index (χ4n) is 10.8. The van der Waals surface area contributed by atoms with Crippen LogP contribution in [0.25, 0.3) is 21.5 Å². The molecule has 0 fully saturated rings. The topological polar surface area (TPSA) is 86.7 Å². The van der Waals surface area contributed by atoms with E-state index in [1.807, 2.05) is 84.9 Å². The normalized spacial score (nSPS) is 13.0. The number of unbranched alkanes of at least 4 members (excludes halogenated alkanes) is 8. The quantitative estimate of drug-likeness (QED) is 0.0797. The molecule has 0 radical (unpaired) electrons. The largest absolute Gasteiger partial charge is 0.456 e. The van der Waals surface area contributed by atoms with Gasteiger partial charge < -0.3 is 9.47 Å². The van der Waals surface area contributed by atoms with Gasteiger partial charge in [0, 0.05) is 49.6 Å². The second kappa shape index (κ2) is 19.7. The summed E-state index contributed by atoms with van der Waals surface area (Å²) in [6.07, 6.45) is 13.4. The van der Waals surface area contributed by atoms with Crippen LogP contribution in [0.2, 0.25) is 0 Å². The Morgan fingerprint density at radius 3 is 1.10 bits per heavy atom. The van der Waals surface area contributed by atoms with Crippen molar-refractivity contribution >= 4 is 44.7 Å². The van der Waals surface area contributed by atoms with Crippen LogP contribution in [-0.2, 0) is 5.41 Å². The van der Waals surface area contributed by atoms with Gasteiger partial charge in [-0.15, -0.1) is 0 Å². The van der Waals surface area contributed by atoms with Crippen LogP contribution in [0.5, 0.6) is 23.0 Å². The molecule has 8 aromatic carbocycles. The standard InChI is InChI=1S/C63H56O6/c1-3-5-7-9-19-37-63(38-20-10-8-6-4-2,43-29-33-45(34-30-43)68-61-47-23-13-11-21-41(47)39-53-55(61)59(66)51-27-17-15-25-49(51)57(53)64)44-31-35-46(36-32-44)69-62-48-24-14-12-22-42(48)40-54-56(62)60(67)52-28-18-16-26-50(52)58(54)65/h11-18,21-36,39-40H,3-10,19-20,37-38H2,1-2H3. The Labute approximate surface area is 404 Å². The van der Waals surface area contributed by atoms with Crippen LogP contribution in [-0.4, -0.2) is 23.1 Å². The summed E-state index contributed by atoms with van der Waals surface area (Å²) in [5.41, 5.74) is 4.90. The van der Waals surface area contributed by atoms with Crippen LogP contribution in [0.15, 0.2) is 158 Å². The van der Waals surface area contributed by atoms with Gasteiger partial charge in [-0.2, -0.15) is 0 Å². The summed E-state index contributed by atoms with van der Waals surface area (Å²) in [4.78, 5) is 56.3. The molecule has 344 valence electrons. The Hall–Kier alpha value is -7.44. The van der Waals surface area contributed by atoms with E-state index in [2.05, 4.69) is 38.1 Å². The van der Waals surface area contributed by atoms with E-state index in [4.69, 9.17) is 9.47 Å². The van der Waals surface area contributed by atoms with Gasteiger partial charge in [0.2, 0.25) is 0 Å². The summed E-state index contributed by atoms with van der Waals surface area (Å²) in [5.74, 6) is 1.12. The van der Waals surface area contributed by atoms with E-state index in [9.17, 15) is 19.2 Å². The molecule has 0 atom stereocenters. The van der Waals surface area contributed by atoms with Crippen LogP contribution < -0.4 is 9.47 Å². The van der Waals surface area contributed by atoms with Crippen molar-refractivity contribution in [1.29, 1.82) is 0 Å². The molecule has 6 nitrogen and oxygen atoms in total. The SMILES string of the molecule is CCCCCCCC(CCCCCCC)(c1ccc(Oc2c3c(cc4ccccc24)C(=O)c2ccccc2C3=O)cc1)c1ccc(Oc2c3c(cc4ccccc24)C(=O)c2ccccc2C3=O)cc1. The summed E-state index contributed by atoms with van der Waals surface area (Å²) in [6.45, 7) is 4.49. The van der Waals surface area contributed by atoms with Crippen molar-refractivity contribution in [2.45, 2.75) is 96.3 Å². The molecule has 0 heterocycles. The molecule has 0 unspecified atom stereocenters. The lowest BCUT2D eigenvalue weighted by Gasteiger charge is -2.36. The molecule has 0 aromatic heterocycles.